The molecule has 0 radical (unpaired) electrons. The summed E-state index contributed by atoms with van der Waals surface area (Å²) in [6.07, 6.45) is 4.12. The average Bonchev–Trinajstić information content (AvgIpc) is 3.27. The van der Waals surface area contributed by atoms with E-state index < -0.39 is 9.85 Å². The third kappa shape index (κ3) is 7.98. The third-order valence-corrected chi connectivity index (χ3v) is 6.10. The Morgan fingerprint density at radius 1 is 0.622 bits per heavy atom. The van der Waals surface area contributed by atoms with E-state index in [-0.39, 0.29) is 11.4 Å². The minimum atomic E-state index is -0.436. The van der Waals surface area contributed by atoms with Crippen LogP contribution in [0.5, 0.6) is 0 Å². The van der Waals surface area contributed by atoms with Gasteiger partial charge in [0.25, 0.3) is 11.4 Å². The van der Waals surface area contributed by atoms with E-state index in [1.807, 2.05) is 10.0 Å². The van der Waals surface area contributed by atoms with Crippen molar-refractivity contribution in [1.29, 1.82) is 0 Å². The van der Waals surface area contributed by atoms with Gasteiger partial charge in [-0.2, -0.15) is 0 Å². The molecule has 2 aliphatic rings. The number of rotatable bonds is 8. The first-order chi connectivity index (χ1) is 18.0. The summed E-state index contributed by atoms with van der Waals surface area (Å²) in [7, 11) is 0. The fraction of sp³-hybridized carbons (Fsp3) is 0.478. The van der Waals surface area contributed by atoms with Crippen molar-refractivity contribution in [2.75, 3.05) is 46.2 Å². The number of benzene rings is 2. The average molecular weight is 511 g/mol. The third-order valence-electron chi connectivity index (χ3n) is 6.10. The van der Waals surface area contributed by atoms with Crippen LogP contribution in [0, 0.1) is 20.2 Å². The van der Waals surface area contributed by atoms with E-state index in [4.69, 9.17) is 0 Å². The summed E-state index contributed by atoms with van der Waals surface area (Å²) in [6.45, 7) is 5.52. The van der Waals surface area contributed by atoms with Crippen LogP contribution in [0.25, 0.3) is 0 Å². The van der Waals surface area contributed by atoms with Gasteiger partial charge in [-0.15, -0.1) is 10.2 Å². The molecule has 0 aliphatic carbocycles. The Balaban J connectivity index is 1.32. The molecule has 196 valence electrons. The standard InChI is InChI=1S/C23H30N10O4/c34-32(35)22-9-5-20(6-10-22)24-26-30-15-3-1-13-28(18-30)17-29-14-2-4-16-31(19-29)27-25-21-7-11-23(12-8-21)33(36)37/h5-12H,1-4,13-19H2. The van der Waals surface area contributed by atoms with Crippen molar-refractivity contribution >= 4 is 22.7 Å². The number of hydrogen-bond donors (Lipinski definition) is 0. The van der Waals surface area contributed by atoms with Crippen LogP contribution >= 0.6 is 0 Å². The molecule has 0 N–H and O–H groups in total. The predicted molar refractivity (Wildman–Crippen MR) is 135 cm³/mol. The molecule has 37 heavy (non-hydrogen) atoms. The summed E-state index contributed by atoms with van der Waals surface area (Å²) in [4.78, 5) is 25.5. The van der Waals surface area contributed by atoms with Gasteiger partial charge in [0.2, 0.25) is 0 Å². The molecule has 4 rings (SSSR count). The van der Waals surface area contributed by atoms with Gasteiger partial charge in [-0.05, 0) is 49.9 Å². The smallest absolute Gasteiger partial charge is 0.269 e. The molecular weight excluding hydrogens is 480 g/mol. The van der Waals surface area contributed by atoms with Gasteiger partial charge in [-0.25, -0.2) is 0 Å². The number of nitro groups is 2. The van der Waals surface area contributed by atoms with Crippen LogP contribution in [0.2, 0.25) is 0 Å². The molecular formula is C23H30N10O4. The first-order valence-electron chi connectivity index (χ1n) is 12.2. The molecule has 2 aliphatic heterocycles. The highest BCUT2D eigenvalue weighted by Crippen LogP contribution is 2.21. The molecule has 0 saturated carbocycles. The summed E-state index contributed by atoms with van der Waals surface area (Å²) >= 11 is 0. The van der Waals surface area contributed by atoms with Gasteiger partial charge in [0.05, 0.1) is 41.2 Å². The van der Waals surface area contributed by atoms with Gasteiger partial charge in [0, 0.05) is 50.4 Å². The zero-order valence-electron chi connectivity index (χ0n) is 20.5. The fourth-order valence-electron chi connectivity index (χ4n) is 4.18. The lowest BCUT2D eigenvalue weighted by Gasteiger charge is -2.31. The van der Waals surface area contributed by atoms with Crippen molar-refractivity contribution < 1.29 is 9.85 Å². The van der Waals surface area contributed by atoms with E-state index in [1.54, 1.807) is 24.3 Å². The lowest BCUT2D eigenvalue weighted by atomic mass is 10.3. The maximum Gasteiger partial charge on any atom is 0.269 e. The van der Waals surface area contributed by atoms with Gasteiger partial charge < -0.3 is 0 Å². The van der Waals surface area contributed by atoms with Crippen molar-refractivity contribution in [1.82, 2.24) is 19.8 Å². The van der Waals surface area contributed by atoms with E-state index in [1.165, 1.54) is 24.3 Å². The van der Waals surface area contributed by atoms with Gasteiger partial charge in [-0.3, -0.25) is 40.0 Å². The Hall–Kier alpha value is -4.04. The van der Waals surface area contributed by atoms with Gasteiger partial charge in [0.15, 0.2) is 0 Å². The number of nitro benzene ring substituents is 2. The summed E-state index contributed by atoms with van der Waals surface area (Å²) in [5, 5.41) is 42.8. The normalized spacial score (nSPS) is 18.3. The number of non-ortho nitro benzene ring substituents is 2. The van der Waals surface area contributed by atoms with Crippen LogP contribution in [-0.2, 0) is 0 Å². The quantitative estimate of drug-likeness (QED) is 0.277. The largest absolute Gasteiger partial charge is 0.272 e. The Morgan fingerprint density at radius 2 is 1.00 bits per heavy atom. The summed E-state index contributed by atoms with van der Waals surface area (Å²) in [5.41, 5.74) is 1.20. The topological polar surface area (TPSA) is 149 Å². The van der Waals surface area contributed by atoms with Crippen molar-refractivity contribution in [3.8, 4) is 0 Å². The van der Waals surface area contributed by atoms with Crippen molar-refractivity contribution in [3.05, 3.63) is 68.8 Å². The number of nitrogens with zero attached hydrogens (tertiary/aromatic N) is 10. The number of hydrogen-bond acceptors (Lipinski definition) is 10. The maximum absolute atomic E-state index is 10.8. The first-order valence-corrected chi connectivity index (χ1v) is 12.2. The van der Waals surface area contributed by atoms with Crippen molar-refractivity contribution in [2.45, 2.75) is 25.7 Å². The summed E-state index contributed by atoms with van der Waals surface area (Å²) < 4.78 is 0. The SMILES string of the molecule is O=[N+]([O-])c1ccc(N=NN2CCCCN(CN3CCCCN(N=Nc4ccc([N+](=O)[O-])cc4)C3)C2)cc1. The maximum atomic E-state index is 10.8. The Bertz CT molecular complexity index is 1020. The van der Waals surface area contributed by atoms with E-state index in [9.17, 15) is 20.2 Å². The van der Waals surface area contributed by atoms with Crippen molar-refractivity contribution in [3.63, 3.8) is 0 Å². The zero-order valence-corrected chi connectivity index (χ0v) is 20.5. The monoisotopic (exact) mass is 510 g/mol. The molecule has 0 aromatic heterocycles. The lowest BCUT2D eigenvalue weighted by molar-refractivity contribution is -0.385. The van der Waals surface area contributed by atoms with E-state index in [0.29, 0.717) is 24.7 Å². The fourth-order valence-corrected chi connectivity index (χ4v) is 4.18. The highest BCUT2D eigenvalue weighted by molar-refractivity contribution is 5.44. The van der Waals surface area contributed by atoms with E-state index in [0.717, 1.165) is 58.5 Å². The van der Waals surface area contributed by atoms with Crippen LogP contribution in [0.4, 0.5) is 22.7 Å². The zero-order chi connectivity index (χ0) is 26.0. The highest BCUT2D eigenvalue weighted by atomic mass is 16.6. The highest BCUT2D eigenvalue weighted by Gasteiger charge is 2.21. The van der Waals surface area contributed by atoms with E-state index in [2.05, 4.69) is 30.5 Å². The molecule has 2 aromatic carbocycles. The van der Waals surface area contributed by atoms with Crippen LogP contribution < -0.4 is 0 Å². The molecule has 2 aromatic rings. The van der Waals surface area contributed by atoms with Crippen LogP contribution in [0.3, 0.4) is 0 Å². The molecule has 2 saturated heterocycles. The van der Waals surface area contributed by atoms with E-state index >= 15 is 0 Å². The van der Waals surface area contributed by atoms with Crippen LogP contribution in [-0.4, -0.2) is 75.8 Å². The van der Waals surface area contributed by atoms with Crippen LogP contribution in [0.15, 0.2) is 69.2 Å². The molecule has 14 heteroatoms. The second-order valence-corrected chi connectivity index (χ2v) is 9.01. The molecule has 2 heterocycles. The molecule has 0 bridgehead atoms. The second kappa shape index (κ2) is 12.8. The van der Waals surface area contributed by atoms with Gasteiger partial charge >= 0.3 is 0 Å². The molecule has 0 amide bonds. The lowest BCUT2D eigenvalue weighted by Crippen LogP contribution is -2.44. The first kappa shape index (κ1) is 26.0. The molecule has 2 fully saturated rings. The van der Waals surface area contributed by atoms with Gasteiger partial charge in [-0.1, -0.05) is 10.4 Å². The predicted octanol–water partition coefficient (Wildman–Crippen LogP) is 4.87. The van der Waals surface area contributed by atoms with Gasteiger partial charge in [0.1, 0.15) is 0 Å². The molecule has 14 nitrogen and oxygen atoms in total. The summed E-state index contributed by atoms with van der Waals surface area (Å²) in [6, 6.07) is 12.1. The minimum absolute atomic E-state index is 0.0265. The molecule has 0 unspecified atom stereocenters. The molecule has 0 atom stereocenters. The molecule has 0 spiro atoms. The van der Waals surface area contributed by atoms with Crippen molar-refractivity contribution in [2.24, 2.45) is 20.7 Å². The Labute approximate surface area is 214 Å². The minimum Gasteiger partial charge on any atom is -0.272 e. The van der Waals surface area contributed by atoms with Crippen LogP contribution in [0.1, 0.15) is 25.7 Å². The Morgan fingerprint density at radius 3 is 1.38 bits per heavy atom. The Kier molecular flexibility index (Phi) is 8.99. The second-order valence-electron chi connectivity index (χ2n) is 9.01. The summed E-state index contributed by atoms with van der Waals surface area (Å²) in [5.74, 6) is 0.